The number of carboxylic acids is 1. The van der Waals surface area contributed by atoms with Crippen molar-refractivity contribution < 1.29 is 19.5 Å². The first-order valence-electron chi connectivity index (χ1n) is 6.11. The Morgan fingerprint density at radius 2 is 2.06 bits per heavy atom. The first-order chi connectivity index (χ1) is 8.59. The molecule has 0 aromatic carbocycles. The molecular formula is C11H19N3O4. The molecule has 18 heavy (non-hydrogen) atoms. The van der Waals surface area contributed by atoms with Gasteiger partial charge in [-0.2, -0.15) is 0 Å². The summed E-state index contributed by atoms with van der Waals surface area (Å²) >= 11 is 0. The van der Waals surface area contributed by atoms with Gasteiger partial charge in [0, 0.05) is 39.0 Å². The van der Waals surface area contributed by atoms with Crippen molar-refractivity contribution in [2.24, 2.45) is 0 Å². The fraction of sp³-hybridized carbons (Fsp3) is 0.727. The zero-order valence-electron chi connectivity index (χ0n) is 10.3. The van der Waals surface area contributed by atoms with Gasteiger partial charge in [-0.3, -0.25) is 9.59 Å². The van der Waals surface area contributed by atoms with Crippen LogP contribution in [0.3, 0.4) is 0 Å². The van der Waals surface area contributed by atoms with Crippen LogP contribution >= 0.6 is 0 Å². The number of urea groups is 1. The van der Waals surface area contributed by atoms with Crippen molar-refractivity contribution in [3.63, 3.8) is 0 Å². The van der Waals surface area contributed by atoms with Crippen LogP contribution < -0.4 is 10.6 Å². The average molecular weight is 257 g/mol. The van der Waals surface area contributed by atoms with Gasteiger partial charge in [-0.15, -0.1) is 0 Å². The Balaban J connectivity index is 1.99. The molecule has 0 aliphatic carbocycles. The largest absolute Gasteiger partial charge is 0.481 e. The van der Waals surface area contributed by atoms with E-state index in [9.17, 15) is 14.4 Å². The first kappa shape index (κ1) is 14.3. The van der Waals surface area contributed by atoms with Crippen LogP contribution in [0.1, 0.15) is 25.7 Å². The lowest BCUT2D eigenvalue weighted by molar-refractivity contribution is -0.137. The number of rotatable bonds is 8. The molecule has 0 aromatic heterocycles. The topological polar surface area (TPSA) is 98.7 Å². The number of hydrogen-bond donors (Lipinski definition) is 3. The Morgan fingerprint density at radius 3 is 2.67 bits per heavy atom. The van der Waals surface area contributed by atoms with Crippen LogP contribution in [0.15, 0.2) is 0 Å². The monoisotopic (exact) mass is 257 g/mol. The standard InChI is InChI=1S/C11H19N3O4/c15-9(3-1-2-4-10(16)17)12-5-7-14-8-6-13-11(14)18/h1-8H2,(H,12,15)(H,13,18)(H,16,17). The molecule has 0 spiro atoms. The van der Waals surface area contributed by atoms with E-state index in [0.29, 0.717) is 45.4 Å². The number of carboxylic acid groups (broad SMARTS) is 1. The molecule has 0 saturated carbocycles. The Morgan fingerprint density at radius 1 is 1.33 bits per heavy atom. The molecule has 1 fully saturated rings. The maximum Gasteiger partial charge on any atom is 0.317 e. The minimum atomic E-state index is -0.838. The van der Waals surface area contributed by atoms with E-state index in [0.717, 1.165) is 0 Å². The predicted molar refractivity (Wildman–Crippen MR) is 64.1 cm³/mol. The van der Waals surface area contributed by atoms with Crippen LogP contribution in [0, 0.1) is 0 Å². The van der Waals surface area contributed by atoms with E-state index >= 15 is 0 Å². The fourth-order valence-corrected chi connectivity index (χ4v) is 1.70. The van der Waals surface area contributed by atoms with Gasteiger partial charge in [0.05, 0.1) is 0 Å². The molecular weight excluding hydrogens is 238 g/mol. The van der Waals surface area contributed by atoms with Gasteiger partial charge in [-0.05, 0) is 12.8 Å². The second-order valence-electron chi connectivity index (χ2n) is 4.17. The van der Waals surface area contributed by atoms with Gasteiger partial charge in [-0.1, -0.05) is 0 Å². The number of hydrogen-bond acceptors (Lipinski definition) is 3. The second-order valence-corrected chi connectivity index (χ2v) is 4.17. The van der Waals surface area contributed by atoms with Crippen molar-refractivity contribution in [1.29, 1.82) is 0 Å². The number of carbonyl (C=O) groups excluding carboxylic acids is 2. The average Bonchev–Trinajstić information content (AvgIpc) is 2.70. The molecule has 1 heterocycles. The van der Waals surface area contributed by atoms with E-state index in [1.54, 1.807) is 4.90 Å². The van der Waals surface area contributed by atoms with Crippen LogP contribution in [0.2, 0.25) is 0 Å². The summed E-state index contributed by atoms with van der Waals surface area (Å²) in [7, 11) is 0. The predicted octanol–water partition coefficient (Wildman–Crippen LogP) is -0.227. The Bertz CT molecular complexity index is 319. The molecule has 0 unspecified atom stereocenters. The summed E-state index contributed by atoms with van der Waals surface area (Å²) in [6.07, 6.45) is 1.51. The Labute approximate surface area is 106 Å². The van der Waals surface area contributed by atoms with Gasteiger partial charge < -0.3 is 20.6 Å². The number of amides is 3. The molecule has 7 nitrogen and oxygen atoms in total. The van der Waals surface area contributed by atoms with Crippen LogP contribution in [0.4, 0.5) is 4.79 Å². The number of aliphatic carboxylic acids is 1. The van der Waals surface area contributed by atoms with Gasteiger partial charge in [0.15, 0.2) is 0 Å². The highest BCUT2D eigenvalue weighted by atomic mass is 16.4. The summed E-state index contributed by atoms with van der Waals surface area (Å²) in [6.45, 7) is 2.27. The summed E-state index contributed by atoms with van der Waals surface area (Å²) in [5.74, 6) is -0.935. The summed E-state index contributed by atoms with van der Waals surface area (Å²) in [6, 6.07) is -0.0919. The van der Waals surface area contributed by atoms with Crippen molar-refractivity contribution in [3.05, 3.63) is 0 Å². The number of unbranched alkanes of at least 4 members (excludes halogenated alkanes) is 1. The highest BCUT2D eigenvalue weighted by Gasteiger charge is 2.18. The molecule has 102 valence electrons. The maximum atomic E-state index is 11.4. The zero-order valence-corrected chi connectivity index (χ0v) is 10.3. The SMILES string of the molecule is O=C(O)CCCCC(=O)NCCN1CCNC1=O. The molecule has 1 rings (SSSR count). The lowest BCUT2D eigenvalue weighted by Crippen LogP contribution is -2.36. The molecule has 0 aromatic rings. The third-order valence-electron chi connectivity index (χ3n) is 2.69. The van der Waals surface area contributed by atoms with Gasteiger partial charge in [-0.25, -0.2) is 4.79 Å². The van der Waals surface area contributed by atoms with Gasteiger partial charge in [0.1, 0.15) is 0 Å². The summed E-state index contributed by atoms with van der Waals surface area (Å²) in [5.41, 5.74) is 0. The second kappa shape index (κ2) is 7.52. The van der Waals surface area contributed by atoms with E-state index in [4.69, 9.17) is 5.11 Å². The lowest BCUT2D eigenvalue weighted by atomic mass is 10.2. The summed E-state index contributed by atoms with van der Waals surface area (Å²) in [5, 5.41) is 13.8. The van der Waals surface area contributed by atoms with Crippen molar-refractivity contribution >= 4 is 17.9 Å². The highest BCUT2D eigenvalue weighted by Crippen LogP contribution is 1.99. The molecule has 0 atom stereocenters. The van der Waals surface area contributed by atoms with E-state index in [2.05, 4.69) is 10.6 Å². The van der Waals surface area contributed by atoms with Crippen molar-refractivity contribution in [3.8, 4) is 0 Å². The molecule has 0 bridgehead atoms. The molecule has 1 saturated heterocycles. The highest BCUT2D eigenvalue weighted by molar-refractivity contribution is 5.77. The van der Waals surface area contributed by atoms with E-state index in [1.165, 1.54) is 0 Å². The molecule has 3 N–H and O–H groups in total. The maximum absolute atomic E-state index is 11.4. The molecule has 3 amide bonds. The van der Waals surface area contributed by atoms with Gasteiger partial charge in [0.2, 0.25) is 5.91 Å². The van der Waals surface area contributed by atoms with Crippen LogP contribution in [-0.4, -0.2) is 54.1 Å². The zero-order chi connectivity index (χ0) is 13.4. The van der Waals surface area contributed by atoms with E-state index in [1.807, 2.05) is 0 Å². The molecule has 0 radical (unpaired) electrons. The summed E-state index contributed by atoms with van der Waals surface area (Å²) < 4.78 is 0. The van der Waals surface area contributed by atoms with Crippen LogP contribution in [-0.2, 0) is 9.59 Å². The number of nitrogens with one attached hydrogen (secondary N) is 2. The summed E-state index contributed by atoms with van der Waals surface area (Å²) in [4.78, 5) is 34.4. The van der Waals surface area contributed by atoms with Crippen molar-refractivity contribution in [1.82, 2.24) is 15.5 Å². The third kappa shape index (κ3) is 5.51. The normalized spacial score (nSPS) is 14.4. The molecule has 1 aliphatic rings. The van der Waals surface area contributed by atoms with Gasteiger partial charge in [0.25, 0.3) is 0 Å². The minimum Gasteiger partial charge on any atom is -0.481 e. The Kier molecular flexibility index (Phi) is 5.96. The Hall–Kier alpha value is -1.79. The van der Waals surface area contributed by atoms with E-state index < -0.39 is 5.97 Å². The number of nitrogens with zero attached hydrogens (tertiary/aromatic N) is 1. The van der Waals surface area contributed by atoms with Crippen molar-refractivity contribution in [2.75, 3.05) is 26.2 Å². The molecule has 1 aliphatic heterocycles. The molecule has 7 heteroatoms. The quantitative estimate of drug-likeness (QED) is 0.523. The third-order valence-corrected chi connectivity index (χ3v) is 2.69. The van der Waals surface area contributed by atoms with Gasteiger partial charge >= 0.3 is 12.0 Å². The first-order valence-corrected chi connectivity index (χ1v) is 6.11. The fourth-order valence-electron chi connectivity index (χ4n) is 1.70. The van der Waals surface area contributed by atoms with Crippen molar-refractivity contribution in [2.45, 2.75) is 25.7 Å². The van der Waals surface area contributed by atoms with Crippen LogP contribution in [0.25, 0.3) is 0 Å². The number of carbonyl (C=O) groups is 3. The smallest absolute Gasteiger partial charge is 0.317 e. The lowest BCUT2D eigenvalue weighted by Gasteiger charge is -2.14. The van der Waals surface area contributed by atoms with E-state index in [-0.39, 0.29) is 18.4 Å². The van der Waals surface area contributed by atoms with Crippen LogP contribution in [0.5, 0.6) is 0 Å². The minimum absolute atomic E-state index is 0.0919.